The van der Waals surface area contributed by atoms with Gasteiger partial charge < -0.3 is 10.6 Å². The Morgan fingerprint density at radius 1 is 1.88 bits per heavy atom. The molecule has 0 aromatic heterocycles. The van der Waals surface area contributed by atoms with Crippen molar-refractivity contribution in [2.45, 2.75) is 6.92 Å². The van der Waals surface area contributed by atoms with Crippen LogP contribution in [0.4, 0.5) is 0 Å². The number of primary amides is 1. The van der Waals surface area contributed by atoms with Gasteiger partial charge in [0, 0.05) is 0 Å². The summed E-state index contributed by atoms with van der Waals surface area (Å²) in [5.74, 6) is -0.418. The van der Waals surface area contributed by atoms with E-state index in [-0.39, 0.29) is 6.54 Å². The molecule has 3 N–H and O–H groups in total. The smallest absolute Gasteiger partial charge is 0.233 e. The van der Waals surface area contributed by atoms with Crippen LogP contribution in [0.25, 0.3) is 0 Å². The second kappa shape index (κ2) is 4.55. The highest BCUT2D eigenvalue weighted by molar-refractivity contribution is 5.75. The van der Waals surface area contributed by atoms with Gasteiger partial charge in [0.2, 0.25) is 5.91 Å². The third kappa shape index (κ3) is 5.39. The first-order chi connectivity index (χ1) is 3.77. The molecular weight excluding hydrogens is 108 g/mol. The van der Waals surface area contributed by atoms with Crippen LogP contribution in [0.2, 0.25) is 0 Å². The molecule has 0 unspecified atom stereocenters. The molecule has 0 radical (unpaired) electrons. The zero-order valence-corrected chi connectivity index (χ0v) is 4.81. The Kier molecular flexibility index (Phi) is 4.20. The van der Waals surface area contributed by atoms with Crippen molar-refractivity contribution < 1.29 is 9.63 Å². The van der Waals surface area contributed by atoms with Gasteiger partial charge in [0.25, 0.3) is 0 Å². The van der Waals surface area contributed by atoms with Crippen LogP contribution in [-0.2, 0) is 9.63 Å². The Hall–Kier alpha value is -0.610. The fourth-order valence-electron chi connectivity index (χ4n) is 0.224. The number of hydrogen-bond acceptors (Lipinski definition) is 3. The Labute approximate surface area is 48.0 Å². The molecule has 1 amide bonds. The topological polar surface area (TPSA) is 64.3 Å². The van der Waals surface area contributed by atoms with E-state index in [1.165, 1.54) is 0 Å². The maximum absolute atomic E-state index is 9.95. The number of nitrogens with one attached hydrogen (secondary N) is 1. The maximum atomic E-state index is 9.95. The van der Waals surface area contributed by atoms with E-state index in [9.17, 15) is 4.79 Å². The third-order valence-corrected chi connectivity index (χ3v) is 0.493. The lowest BCUT2D eigenvalue weighted by Gasteiger charge is -1.97. The van der Waals surface area contributed by atoms with E-state index in [0.717, 1.165) is 0 Å². The number of hydroxylamine groups is 1. The van der Waals surface area contributed by atoms with Gasteiger partial charge in [-0.3, -0.25) is 4.79 Å². The van der Waals surface area contributed by atoms with Gasteiger partial charge in [0.05, 0.1) is 13.2 Å². The molecular formula is C4H10N2O2. The molecule has 0 bridgehead atoms. The van der Waals surface area contributed by atoms with Gasteiger partial charge in [-0.1, -0.05) is 0 Å². The quantitative estimate of drug-likeness (QED) is 0.368. The molecule has 0 spiro atoms. The molecule has 0 aliphatic heterocycles. The van der Waals surface area contributed by atoms with E-state index in [2.05, 4.69) is 10.3 Å². The Bertz CT molecular complexity index is 74.4. The molecule has 0 rings (SSSR count). The monoisotopic (exact) mass is 118 g/mol. The van der Waals surface area contributed by atoms with Crippen LogP contribution >= 0.6 is 0 Å². The number of rotatable bonds is 4. The molecule has 4 nitrogen and oxygen atoms in total. The molecule has 0 aliphatic carbocycles. The standard InChI is InChI=1S/C4H10N2O2/c1-2-8-6-3-4(5)7/h6H,2-3H2,1H3,(H2,5,7). The summed E-state index contributed by atoms with van der Waals surface area (Å²) < 4.78 is 0. The largest absolute Gasteiger partial charge is 0.368 e. The molecule has 0 atom stereocenters. The molecule has 4 heteroatoms. The highest BCUT2D eigenvalue weighted by atomic mass is 16.6. The molecule has 0 aromatic rings. The lowest BCUT2D eigenvalue weighted by molar-refractivity contribution is -0.119. The summed E-state index contributed by atoms with van der Waals surface area (Å²) >= 11 is 0. The molecule has 0 heterocycles. The van der Waals surface area contributed by atoms with Crippen LogP contribution in [0.5, 0.6) is 0 Å². The van der Waals surface area contributed by atoms with Crippen LogP contribution in [-0.4, -0.2) is 19.1 Å². The van der Waals surface area contributed by atoms with Crippen molar-refractivity contribution >= 4 is 5.91 Å². The van der Waals surface area contributed by atoms with E-state index in [1.807, 2.05) is 6.92 Å². The van der Waals surface area contributed by atoms with E-state index in [4.69, 9.17) is 5.73 Å². The first-order valence-electron chi connectivity index (χ1n) is 2.40. The van der Waals surface area contributed by atoms with Gasteiger partial charge >= 0.3 is 0 Å². The molecule has 0 fully saturated rings. The van der Waals surface area contributed by atoms with Gasteiger partial charge in [0.15, 0.2) is 0 Å². The normalized spacial score (nSPS) is 9.12. The Morgan fingerprint density at radius 2 is 2.50 bits per heavy atom. The first-order valence-corrected chi connectivity index (χ1v) is 2.40. The van der Waals surface area contributed by atoms with Gasteiger partial charge in [-0.05, 0) is 6.92 Å². The minimum atomic E-state index is -0.418. The highest BCUT2D eigenvalue weighted by Gasteiger charge is 1.88. The molecule has 48 valence electrons. The van der Waals surface area contributed by atoms with Crippen molar-refractivity contribution in [3.63, 3.8) is 0 Å². The van der Waals surface area contributed by atoms with Crippen LogP contribution < -0.4 is 11.2 Å². The number of nitrogens with two attached hydrogens (primary N) is 1. The summed E-state index contributed by atoms with van der Waals surface area (Å²) in [6, 6.07) is 0. The lowest BCUT2D eigenvalue weighted by atomic mass is 10.7. The average Bonchev–Trinajstić information content (AvgIpc) is 1.66. The third-order valence-electron chi connectivity index (χ3n) is 0.493. The van der Waals surface area contributed by atoms with Crippen molar-refractivity contribution in [1.82, 2.24) is 5.48 Å². The van der Waals surface area contributed by atoms with Crippen molar-refractivity contribution in [2.75, 3.05) is 13.2 Å². The van der Waals surface area contributed by atoms with Crippen LogP contribution in [0.1, 0.15) is 6.92 Å². The maximum Gasteiger partial charge on any atom is 0.233 e. The molecule has 0 saturated heterocycles. The van der Waals surface area contributed by atoms with Gasteiger partial charge in [0.1, 0.15) is 0 Å². The van der Waals surface area contributed by atoms with Crippen molar-refractivity contribution in [3.8, 4) is 0 Å². The second-order valence-electron chi connectivity index (χ2n) is 1.22. The SMILES string of the molecule is CCONCC(N)=O. The van der Waals surface area contributed by atoms with Crippen molar-refractivity contribution in [2.24, 2.45) is 5.73 Å². The Morgan fingerprint density at radius 3 is 2.88 bits per heavy atom. The second-order valence-corrected chi connectivity index (χ2v) is 1.22. The number of amides is 1. The van der Waals surface area contributed by atoms with Gasteiger partial charge in [-0.15, -0.1) is 0 Å². The number of carbonyl (C=O) groups excluding carboxylic acids is 1. The fraction of sp³-hybridized carbons (Fsp3) is 0.750. The van der Waals surface area contributed by atoms with Crippen LogP contribution in [0.3, 0.4) is 0 Å². The van der Waals surface area contributed by atoms with Crippen LogP contribution in [0, 0.1) is 0 Å². The van der Waals surface area contributed by atoms with Crippen molar-refractivity contribution in [3.05, 3.63) is 0 Å². The summed E-state index contributed by atoms with van der Waals surface area (Å²) in [7, 11) is 0. The predicted molar refractivity (Wildman–Crippen MR) is 28.8 cm³/mol. The zero-order chi connectivity index (χ0) is 6.41. The summed E-state index contributed by atoms with van der Waals surface area (Å²) in [6.45, 7) is 2.43. The predicted octanol–water partition coefficient (Wildman–Crippen LogP) is -0.987. The molecule has 0 saturated carbocycles. The van der Waals surface area contributed by atoms with E-state index in [0.29, 0.717) is 6.61 Å². The van der Waals surface area contributed by atoms with E-state index in [1.54, 1.807) is 0 Å². The minimum Gasteiger partial charge on any atom is -0.368 e. The van der Waals surface area contributed by atoms with E-state index < -0.39 is 5.91 Å². The summed E-state index contributed by atoms with van der Waals surface area (Å²) in [6.07, 6.45) is 0. The lowest BCUT2D eigenvalue weighted by Crippen LogP contribution is -2.28. The summed E-state index contributed by atoms with van der Waals surface area (Å²) in [5.41, 5.74) is 7.11. The van der Waals surface area contributed by atoms with Gasteiger partial charge in [-0.2, -0.15) is 5.48 Å². The minimum absolute atomic E-state index is 0.0772. The molecule has 8 heavy (non-hydrogen) atoms. The fourth-order valence-corrected chi connectivity index (χ4v) is 0.224. The van der Waals surface area contributed by atoms with Crippen LogP contribution in [0.15, 0.2) is 0 Å². The Balaban J connectivity index is 2.82. The van der Waals surface area contributed by atoms with Crippen molar-refractivity contribution in [1.29, 1.82) is 0 Å². The molecule has 0 aromatic carbocycles. The number of hydrogen-bond donors (Lipinski definition) is 2. The molecule has 0 aliphatic rings. The highest BCUT2D eigenvalue weighted by Crippen LogP contribution is 1.61. The first kappa shape index (κ1) is 7.39. The zero-order valence-electron chi connectivity index (χ0n) is 4.81. The van der Waals surface area contributed by atoms with Gasteiger partial charge in [-0.25, -0.2) is 0 Å². The average molecular weight is 118 g/mol. The number of carbonyl (C=O) groups is 1. The summed E-state index contributed by atoms with van der Waals surface area (Å²) in [4.78, 5) is 14.5. The van der Waals surface area contributed by atoms with E-state index >= 15 is 0 Å². The summed E-state index contributed by atoms with van der Waals surface area (Å²) in [5, 5.41) is 0.